The van der Waals surface area contributed by atoms with E-state index in [1.54, 1.807) is 11.3 Å². The van der Waals surface area contributed by atoms with E-state index >= 15 is 0 Å². The lowest BCUT2D eigenvalue weighted by Gasteiger charge is -2.23. The van der Waals surface area contributed by atoms with Gasteiger partial charge < -0.3 is 15.2 Å². The minimum Gasteiger partial charge on any atom is -0.486 e. The summed E-state index contributed by atoms with van der Waals surface area (Å²) in [5.74, 6) is 1.58. The summed E-state index contributed by atoms with van der Waals surface area (Å²) in [7, 11) is 0. The molecule has 18 heavy (non-hydrogen) atoms. The Morgan fingerprint density at radius 2 is 2.00 bits per heavy atom. The Kier molecular flexibility index (Phi) is 4.11. The van der Waals surface area contributed by atoms with Crippen LogP contribution in [0.15, 0.2) is 35.0 Å². The highest BCUT2D eigenvalue weighted by atomic mass is 35.5. The molecule has 1 atom stereocenters. The van der Waals surface area contributed by atoms with Crippen molar-refractivity contribution in [2.45, 2.75) is 6.04 Å². The van der Waals surface area contributed by atoms with Gasteiger partial charge in [-0.05, 0) is 28.5 Å². The Hall–Kier alpha value is -1.23. The van der Waals surface area contributed by atoms with E-state index in [4.69, 9.17) is 15.2 Å². The van der Waals surface area contributed by atoms with Crippen molar-refractivity contribution >= 4 is 23.7 Å². The van der Waals surface area contributed by atoms with Crippen LogP contribution in [0.1, 0.15) is 17.2 Å². The molecule has 0 radical (unpaired) electrons. The highest BCUT2D eigenvalue weighted by Crippen LogP contribution is 2.38. The molecule has 3 rings (SSSR count). The molecule has 0 saturated carbocycles. The number of hydrogen-bond donors (Lipinski definition) is 1. The van der Waals surface area contributed by atoms with Gasteiger partial charge in [-0.25, -0.2) is 0 Å². The summed E-state index contributed by atoms with van der Waals surface area (Å²) in [4.78, 5) is 0. The topological polar surface area (TPSA) is 44.5 Å². The highest BCUT2D eigenvalue weighted by molar-refractivity contribution is 7.08. The molecule has 1 aliphatic heterocycles. The van der Waals surface area contributed by atoms with E-state index in [1.807, 2.05) is 29.6 Å². The molecule has 0 amide bonds. The van der Waals surface area contributed by atoms with Gasteiger partial charge in [0.15, 0.2) is 11.5 Å². The number of thiophene rings is 1. The molecule has 3 nitrogen and oxygen atoms in total. The quantitative estimate of drug-likeness (QED) is 0.921. The molecule has 5 heteroatoms. The van der Waals surface area contributed by atoms with Crippen LogP contribution in [0.2, 0.25) is 0 Å². The summed E-state index contributed by atoms with van der Waals surface area (Å²) in [6.07, 6.45) is 0. The molecule has 1 aliphatic rings. The van der Waals surface area contributed by atoms with Crippen molar-refractivity contribution in [2.75, 3.05) is 13.2 Å². The van der Waals surface area contributed by atoms with E-state index in [-0.39, 0.29) is 18.4 Å². The average molecular weight is 284 g/mol. The van der Waals surface area contributed by atoms with E-state index in [0.717, 1.165) is 22.6 Å². The summed E-state index contributed by atoms with van der Waals surface area (Å²) in [5, 5.41) is 4.09. The van der Waals surface area contributed by atoms with Crippen LogP contribution in [0.3, 0.4) is 0 Å². The Balaban J connectivity index is 0.00000120. The van der Waals surface area contributed by atoms with E-state index in [9.17, 15) is 0 Å². The van der Waals surface area contributed by atoms with Gasteiger partial charge in [0.05, 0.1) is 6.04 Å². The van der Waals surface area contributed by atoms with Crippen molar-refractivity contribution in [1.82, 2.24) is 0 Å². The molecule has 1 aromatic carbocycles. The van der Waals surface area contributed by atoms with Crippen LogP contribution in [0.5, 0.6) is 11.5 Å². The van der Waals surface area contributed by atoms with Gasteiger partial charge in [0.1, 0.15) is 13.2 Å². The molecule has 2 N–H and O–H groups in total. The molecule has 0 saturated heterocycles. The summed E-state index contributed by atoms with van der Waals surface area (Å²) in [6, 6.07) is 7.75. The molecule has 0 unspecified atom stereocenters. The third-order valence-electron chi connectivity index (χ3n) is 2.83. The number of nitrogens with two attached hydrogens (primary N) is 1. The van der Waals surface area contributed by atoms with Gasteiger partial charge in [0.25, 0.3) is 0 Å². The van der Waals surface area contributed by atoms with E-state index in [1.165, 1.54) is 0 Å². The van der Waals surface area contributed by atoms with Gasteiger partial charge in [-0.2, -0.15) is 11.3 Å². The number of para-hydroxylation sites is 1. The second kappa shape index (κ2) is 5.61. The lowest BCUT2D eigenvalue weighted by molar-refractivity contribution is 0.169. The Bertz CT molecular complexity index is 516. The first kappa shape index (κ1) is 13.2. The third-order valence-corrected chi connectivity index (χ3v) is 3.54. The van der Waals surface area contributed by atoms with Crippen molar-refractivity contribution in [3.8, 4) is 11.5 Å². The fourth-order valence-corrected chi connectivity index (χ4v) is 2.67. The highest BCUT2D eigenvalue weighted by Gasteiger charge is 2.20. The Morgan fingerprint density at radius 1 is 1.17 bits per heavy atom. The average Bonchev–Trinajstić information content (AvgIpc) is 2.91. The zero-order valence-electron chi connectivity index (χ0n) is 9.67. The van der Waals surface area contributed by atoms with Gasteiger partial charge in [-0.1, -0.05) is 12.1 Å². The largest absolute Gasteiger partial charge is 0.486 e. The molecule has 0 spiro atoms. The summed E-state index contributed by atoms with van der Waals surface area (Å²) in [6.45, 7) is 1.19. The number of halogens is 1. The number of rotatable bonds is 2. The van der Waals surface area contributed by atoms with Crippen LogP contribution in [-0.2, 0) is 0 Å². The van der Waals surface area contributed by atoms with Gasteiger partial charge in [0, 0.05) is 5.56 Å². The maximum Gasteiger partial charge on any atom is 0.166 e. The van der Waals surface area contributed by atoms with Crippen LogP contribution in [-0.4, -0.2) is 13.2 Å². The van der Waals surface area contributed by atoms with Crippen LogP contribution >= 0.6 is 23.7 Å². The van der Waals surface area contributed by atoms with Crippen LogP contribution < -0.4 is 15.2 Å². The summed E-state index contributed by atoms with van der Waals surface area (Å²) >= 11 is 1.65. The molecule has 96 valence electrons. The van der Waals surface area contributed by atoms with Crippen LogP contribution in [0.4, 0.5) is 0 Å². The fourth-order valence-electron chi connectivity index (χ4n) is 1.97. The molecule has 0 fully saturated rings. The van der Waals surface area contributed by atoms with E-state index in [2.05, 4.69) is 5.38 Å². The molecule has 2 aromatic rings. The first-order valence-corrected chi connectivity index (χ1v) is 6.47. The zero-order valence-corrected chi connectivity index (χ0v) is 11.3. The maximum absolute atomic E-state index is 6.26. The molecule has 0 aliphatic carbocycles. The predicted octanol–water partition coefficient (Wildman–Crippen LogP) is 2.99. The van der Waals surface area contributed by atoms with Crippen molar-refractivity contribution in [1.29, 1.82) is 0 Å². The third kappa shape index (κ3) is 2.32. The van der Waals surface area contributed by atoms with E-state index in [0.29, 0.717) is 13.2 Å². The first-order valence-electron chi connectivity index (χ1n) is 5.52. The molecule has 2 heterocycles. The Morgan fingerprint density at radius 3 is 2.78 bits per heavy atom. The second-order valence-electron chi connectivity index (χ2n) is 3.91. The van der Waals surface area contributed by atoms with Crippen molar-refractivity contribution in [2.24, 2.45) is 5.73 Å². The molecule has 1 aromatic heterocycles. The maximum atomic E-state index is 6.26. The minimum atomic E-state index is -0.155. The number of ether oxygens (including phenoxy) is 2. The predicted molar refractivity (Wildman–Crippen MR) is 75.0 cm³/mol. The second-order valence-corrected chi connectivity index (χ2v) is 4.69. The van der Waals surface area contributed by atoms with Crippen molar-refractivity contribution < 1.29 is 9.47 Å². The molecular formula is C13H14ClNO2S. The standard InChI is InChI=1S/C13H13NO2S.ClH/c14-12(9-4-7-17-8-9)10-2-1-3-11-13(10)16-6-5-15-11;/h1-4,7-8,12H,5-6,14H2;1H/t12-;/m0./s1. The summed E-state index contributed by atoms with van der Waals surface area (Å²) < 4.78 is 11.2. The monoisotopic (exact) mass is 283 g/mol. The van der Waals surface area contributed by atoms with Gasteiger partial charge >= 0.3 is 0 Å². The Labute approximate surface area is 116 Å². The lowest BCUT2D eigenvalue weighted by atomic mass is 10.0. The molecule has 0 bridgehead atoms. The van der Waals surface area contributed by atoms with Crippen LogP contribution in [0.25, 0.3) is 0 Å². The zero-order chi connectivity index (χ0) is 11.7. The SMILES string of the molecule is Cl.N[C@@H](c1ccsc1)c1cccc2c1OCCO2. The van der Waals surface area contributed by atoms with Crippen molar-refractivity contribution in [3.05, 3.63) is 46.2 Å². The summed E-state index contributed by atoms with van der Waals surface area (Å²) in [5.41, 5.74) is 8.35. The minimum absolute atomic E-state index is 0. The normalized spacial score (nSPS) is 14.7. The number of benzene rings is 1. The molecular weight excluding hydrogens is 270 g/mol. The van der Waals surface area contributed by atoms with Gasteiger partial charge in [-0.3, -0.25) is 0 Å². The van der Waals surface area contributed by atoms with E-state index < -0.39 is 0 Å². The number of hydrogen-bond acceptors (Lipinski definition) is 4. The fraction of sp³-hybridized carbons (Fsp3) is 0.231. The lowest BCUT2D eigenvalue weighted by Crippen LogP contribution is -2.19. The smallest absolute Gasteiger partial charge is 0.166 e. The van der Waals surface area contributed by atoms with Crippen molar-refractivity contribution in [3.63, 3.8) is 0 Å². The van der Waals surface area contributed by atoms with Gasteiger partial charge in [0.2, 0.25) is 0 Å². The number of fused-ring (bicyclic) bond motifs is 1. The van der Waals surface area contributed by atoms with Gasteiger partial charge in [-0.15, -0.1) is 12.4 Å². The first-order chi connectivity index (χ1) is 8.36. The van der Waals surface area contributed by atoms with Crippen LogP contribution in [0, 0.1) is 0 Å².